The highest BCUT2D eigenvalue weighted by molar-refractivity contribution is 7.92. The third kappa shape index (κ3) is 7.53. The molecule has 0 radical (unpaired) electrons. The van der Waals surface area contributed by atoms with E-state index < -0.39 is 16.1 Å². The van der Waals surface area contributed by atoms with Crippen LogP contribution in [0.5, 0.6) is 0 Å². The zero-order chi connectivity index (χ0) is 23.7. The predicted octanol–water partition coefficient (Wildman–Crippen LogP) is 3.44. The van der Waals surface area contributed by atoms with Gasteiger partial charge in [-0.3, -0.25) is 13.9 Å². The summed E-state index contributed by atoms with van der Waals surface area (Å²) in [5, 5.41) is 3.34. The Morgan fingerprint density at radius 2 is 1.69 bits per heavy atom. The third-order valence-corrected chi connectivity index (χ3v) is 6.43. The normalized spacial score (nSPS) is 12.1. The van der Waals surface area contributed by atoms with Gasteiger partial charge in [-0.15, -0.1) is 0 Å². The molecule has 2 rings (SSSR count). The van der Waals surface area contributed by atoms with Crippen LogP contribution in [0.2, 0.25) is 5.02 Å². The molecule has 0 fully saturated rings. The molecule has 2 aromatic carbocycles. The molecule has 0 bridgehead atoms. The van der Waals surface area contributed by atoms with Crippen molar-refractivity contribution in [2.75, 3.05) is 23.7 Å². The van der Waals surface area contributed by atoms with Crippen molar-refractivity contribution in [2.45, 2.75) is 39.3 Å². The van der Waals surface area contributed by atoms with E-state index >= 15 is 0 Å². The first-order valence-corrected chi connectivity index (χ1v) is 12.7. The smallest absolute Gasteiger partial charge is 0.242 e. The molecule has 0 saturated heterocycles. The molecule has 0 spiro atoms. The fourth-order valence-electron chi connectivity index (χ4n) is 3.29. The molecule has 174 valence electrons. The summed E-state index contributed by atoms with van der Waals surface area (Å²) >= 11 is 5.95. The molecular formula is C23H30ClN3O4S. The number of nitrogens with one attached hydrogen (secondary N) is 1. The van der Waals surface area contributed by atoms with Crippen LogP contribution in [0.1, 0.15) is 32.3 Å². The van der Waals surface area contributed by atoms with Crippen LogP contribution in [0.15, 0.2) is 54.6 Å². The minimum atomic E-state index is -3.49. The van der Waals surface area contributed by atoms with Crippen molar-refractivity contribution < 1.29 is 18.0 Å². The Morgan fingerprint density at radius 3 is 2.25 bits per heavy atom. The number of sulfonamides is 1. The zero-order valence-corrected chi connectivity index (χ0v) is 20.2. The fourth-order valence-corrected chi connectivity index (χ4v) is 4.38. The van der Waals surface area contributed by atoms with Crippen LogP contribution in [0, 0.1) is 0 Å². The van der Waals surface area contributed by atoms with E-state index in [1.54, 1.807) is 43.3 Å². The van der Waals surface area contributed by atoms with Crippen molar-refractivity contribution >= 4 is 39.1 Å². The molecule has 0 aliphatic carbocycles. The minimum absolute atomic E-state index is 0.107. The molecule has 0 aliphatic heterocycles. The van der Waals surface area contributed by atoms with E-state index in [1.807, 2.05) is 25.1 Å². The molecule has 0 aromatic heterocycles. The topological polar surface area (TPSA) is 86.8 Å². The van der Waals surface area contributed by atoms with Crippen molar-refractivity contribution in [3.05, 3.63) is 65.2 Å². The fraction of sp³-hybridized carbons (Fsp3) is 0.391. The van der Waals surface area contributed by atoms with Gasteiger partial charge in [0.2, 0.25) is 21.8 Å². The number of likely N-dealkylation sites (N-methyl/N-ethyl adjacent to an activating group) is 1. The number of rotatable bonds is 11. The Kier molecular flexibility index (Phi) is 9.53. The van der Waals surface area contributed by atoms with Gasteiger partial charge in [0.05, 0.1) is 11.9 Å². The molecule has 1 atom stereocenters. The van der Waals surface area contributed by atoms with Crippen LogP contribution >= 0.6 is 11.6 Å². The second-order valence-corrected chi connectivity index (χ2v) is 9.84. The first-order valence-electron chi connectivity index (χ1n) is 10.5. The first-order chi connectivity index (χ1) is 15.1. The molecule has 9 heteroatoms. The van der Waals surface area contributed by atoms with E-state index in [2.05, 4.69) is 5.32 Å². The number of benzene rings is 2. The second kappa shape index (κ2) is 11.9. The van der Waals surface area contributed by atoms with Crippen LogP contribution < -0.4 is 9.62 Å². The Balaban J connectivity index is 2.12. The standard InChI is InChI=1S/C23H30ClN3O4S/c1-4-25-23(29)18(2)26(17-19-12-14-20(24)15-13-19)22(28)11-8-16-27(32(3,30)31)21-9-6-5-7-10-21/h5-7,9-10,12-15,18H,4,8,11,16-17H2,1-3H3,(H,25,29)/t18-/m0/s1. The summed E-state index contributed by atoms with van der Waals surface area (Å²) in [7, 11) is -3.49. The van der Waals surface area contributed by atoms with Gasteiger partial charge < -0.3 is 10.2 Å². The van der Waals surface area contributed by atoms with Gasteiger partial charge in [0, 0.05) is 31.1 Å². The van der Waals surface area contributed by atoms with E-state index in [4.69, 9.17) is 11.6 Å². The summed E-state index contributed by atoms with van der Waals surface area (Å²) in [6.07, 6.45) is 1.57. The van der Waals surface area contributed by atoms with Crippen molar-refractivity contribution in [1.29, 1.82) is 0 Å². The number of hydrogen-bond donors (Lipinski definition) is 1. The van der Waals surface area contributed by atoms with Crippen LogP contribution in [0.25, 0.3) is 0 Å². The van der Waals surface area contributed by atoms with E-state index in [0.717, 1.165) is 11.8 Å². The van der Waals surface area contributed by atoms with Gasteiger partial charge in [0.1, 0.15) is 6.04 Å². The number of carbonyl (C=O) groups is 2. The SMILES string of the molecule is CCNC(=O)[C@H](C)N(Cc1ccc(Cl)cc1)C(=O)CCCN(c1ccccc1)S(C)(=O)=O. The number of anilines is 1. The third-order valence-electron chi connectivity index (χ3n) is 4.98. The highest BCUT2D eigenvalue weighted by Crippen LogP contribution is 2.19. The zero-order valence-electron chi connectivity index (χ0n) is 18.6. The van der Waals surface area contributed by atoms with Gasteiger partial charge in [-0.05, 0) is 50.1 Å². The Morgan fingerprint density at radius 1 is 1.06 bits per heavy atom. The molecule has 1 N–H and O–H groups in total. The van der Waals surface area contributed by atoms with Crippen molar-refractivity contribution in [3.8, 4) is 0 Å². The number of amides is 2. The van der Waals surface area contributed by atoms with Gasteiger partial charge in [0.15, 0.2) is 0 Å². The average molecular weight is 480 g/mol. The van der Waals surface area contributed by atoms with E-state index in [-0.39, 0.29) is 31.3 Å². The molecule has 2 amide bonds. The molecule has 0 aliphatic rings. The summed E-state index contributed by atoms with van der Waals surface area (Å²) in [6.45, 7) is 4.39. The lowest BCUT2D eigenvalue weighted by Gasteiger charge is -2.29. The summed E-state index contributed by atoms with van der Waals surface area (Å²) in [6, 6.07) is 15.2. The van der Waals surface area contributed by atoms with Gasteiger partial charge in [-0.1, -0.05) is 41.9 Å². The number of halogens is 1. The Bertz CT molecular complexity index is 998. The lowest BCUT2D eigenvalue weighted by molar-refractivity contribution is -0.140. The maximum absolute atomic E-state index is 13.1. The molecule has 2 aromatic rings. The summed E-state index contributed by atoms with van der Waals surface area (Å²) in [5.41, 5.74) is 1.40. The maximum atomic E-state index is 13.1. The first kappa shape index (κ1) is 25.7. The van der Waals surface area contributed by atoms with Gasteiger partial charge in [-0.25, -0.2) is 8.42 Å². The van der Waals surface area contributed by atoms with Crippen molar-refractivity contribution in [3.63, 3.8) is 0 Å². The van der Waals surface area contributed by atoms with Gasteiger partial charge in [0.25, 0.3) is 0 Å². The summed E-state index contributed by atoms with van der Waals surface area (Å²) < 4.78 is 25.8. The lowest BCUT2D eigenvalue weighted by Crippen LogP contribution is -2.47. The highest BCUT2D eigenvalue weighted by Gasteiger charge is 2.26. The Hall–Kier alpha value is -2.58. The second-order valence-electron chi connectivity index (χ2n) is 7.49. The quantitative estimate of drug-likeness (QED) is 0.534. The van der Waals surface area contributed by atoms with E-state index in [9.17, 15) is 18.0 Å². The molecule has 0 heterocycles. The molecule has 0 unspecified atom stereocenters. The monoisotopic (exact) mass is 479 g/mol. The molecule has 0 saturated carbocycles. The van der Waals surface area contributed by atoms with E-state index in [0.29, 0.717) is 23.7 Å². The van der Waals surface area contributed by atoms with Crippen molar-refractivity contribution in [1.82, 2.24) is 10.2 Å². The summed E-state index contributed by atoms with van der Waals surface area (Å²) in [4.78, 5) is 27.0. The number of hydrogen-bond acceptors (Lipinski definition) is 4. The van der Waals surface area contributed by atoms with E-state index in [1.165, 1.54) is 9.21 Å². The number of carbonyl (C=O) groups excluding carboxylic acids is 2. The van der Waals surface area contributed by atoms with Crippen LogP contribution in [-0.2, 0) is 26.2 Å². The molecular weight excluding hydrogens is 450 g/mol. The van der Waals surface area contributed by atoms with Crippen LogP contribution in [0.3, 0.4) is 0 Å². The largest absolute Gasteiger partial charge is 0.355 e. The number of para-hydroxylation sites is 1. The van der Waals surface area contributed by atoms with Crippen molar-refractivity contribution in [2.24, 2.45) is 0 Å². The highest BCUT2D eigenvalue weighted by atomic mass is 35.5. The predicted molar refractivity (Wildman–Crippen MR) is 128 cm³/mol. The van der Waals surface area contributed by atoms with Gasteiger partial charge in [-0.2, -0.15) is 0 Å². The minimum Gasteiger partial charge on any atom is -0.355 e. The number of nitrogens with zero attached hydrogens (tertiary/aromatic N) is 2. The molecule has 7 nitrogen and oxygen atoms in total. The van der Waals surface area contributed by atoms with Crippen LogP contribution in [-0.4, -0.2) is 50.5 Å². The average Bonchev–Trinajstić information content (AvgIpc) is 2.75. The molecule has 32 heavy (non-hydrogen) atoms. The van der Waals surface area contributed by atoms with Crippen LogP contribution in [0.4, 0.5) is 5.69 Å². The van der Waals surface area contributed by atoms with Gasteiger partial charge >= 0.3 is 0 Å². The summed E-state index contributed by atoms with van der Waals surface area (Å²) in [5.74, 6) is -0.461. The maximum Gasteiger partial charge on any atom is 0.242 e. The lowest BCUT2D eigenvalue weighted by atomic mass is 10.1. The Labute approximate surface area is 195 Å².